The summed E-state index contributed by atoms with van der Waals surface area (Å²) in [6.45, 7) is 3.23. The van der Waals surface area contributed by atoms with Crippen molar-refractivity contribution in [2.45, 2.75) is 69.5 Å². The number of benzene rings is 4. The van der Waals surface area contributed by atoms with Crippen LogP contribution in [0.3, 0.4) is 0 Å². The van der Waals surface area contributed by atoms with E-state index in [1.54, 1.807) is 42.5 Å². The van der Waals surface area contributed by atoms with Crippen LogP contribution in [-0.4, -0.2) is 43.8 Å². The van der Waals surface area contributed by atoms with E-state index in [0.717, 1.165) is 41.1 Å². The summed E-state index contributed by atoms with van der Waals surface area (Å²) in [4.78, 5) is 30.4. The molecule has 0 spiro atoms. The molecule has 1 unspecified atom stereocenters. The highest BCUT2D eigenvalue weighted by atomic mass is 35.5. The van der Waals surface area contributed by atoms with Crippen molar-refractivity contribution in [1.29, 1.82) is 0 Å². The molecule has 10 heteroatoms. The molecule has 4 aromatic rings. The summed E-state index contributed by atoms with van der Waals surface area (Å²) in [5.74, 6) is -0.809. The SMILES string of the molecule is Cc1ccc(N(CC(=O)N(Cc2ccc(Cl)c(Cl)c2)C(Cc2ccccc2)C(=O)NC2CCCC2)S(=O)(=O)c2ccccc2)c(C)c1. The predicted molar refractivity (Wildman–Crippen MR) is 188 cm³/mol. The summed E-state index contributed by atoms with van der Waals surface area (Å²) in [6.07, 6.45) is 4.05. The number of amides is 2. The normalized spacial score (nSPS) is 14.0. The lowest BCUT2D eigenvalue weighted by molar-refractivity contribution is -0.140. The molecule has 1 N–H and O–H groups in total. The second kappa shape index (κ2) is 15.4. The van der Waals surface area contributed by atoms with E-state index in [-0.39, 0.29) is 29.8 Å². The zero-order valence-corrected chi connectivity index (χ0v) is 28.9. The molecule has 0 heterocycles. The topological polar surface area (TPSA) is 86.8 Å². The number of aryl methyl sites for hydroxylation is 2. The van der Waals surface area contributed by atoms with Gasteiger partial charge in [0, 0.05) is 19.0 Å². The minimum atomic E-state index is -4.18. The maximum Gasteiger partial charge on any atom is 0.264 e. The van der Waals surface area contributed by atoms with Crippen molar-refractivity contribution in [2.75, 3.05) is 10.8 Å². The van der Waals surface area contributed by atoms with Gasteiger partial charge >= 0.3 is 0 Å². The van der Waals surface area contributed by atoms with Crippen molar-refractivity contribution in [1.82, 2.24) is 10.2 Å². The molecule has 1 atom stereocenters. The van der Waals surface area contributed by atoms with Gasteiger partial charge in [-0.3, -0.25) is 13.9 Å². The molecule has 0 aliphatic heterocycles. The maximum atomic E-state index is 14.7. The molecular formula is C37H39Cl2N3O4S. The lowest BCUT2D eigenvalue weighted by Gasteiger charge is -2.34. The molecule has 7 nitrogen and oxygen atoms in total. The smallest absolute Gasteiger partial charge is 0.264 e. The Kier molecular flexibility index (Phi) is 11.3. The van der Waals surface area contributed by atoms with Crippen molar-refractivity contribution in [3.8, 4) is 0 Å². The standard InChI is InChI=1S/C37H39Cl2N3O4S/c1-26-17-20-34(27(2)21-26)42(47(45,46)31-15-7-4-8-16-31)25-36(43)41(24-29-18-19-32(38)33(39)22-29)35(23-28-11-5-3-6-12-28)37(44)40-30-13-9-10-14-30/h3-8,11-12,15-22,30,35H,9-10,13-14,23-25H2,1-2H3,(H,40,44). The van der Waals surface area contributed by atoms with Crippen LogP contribution in [0, 0.1) is 13.8 Å². The summed E-state index contributed by atoms with van der Waals surface area (Å²) in [5, 5.41) is 3.86. The van der Waals surface area contributed by atoms with Crippen LogP contribution >= 0.6 is 23.2 Å². The molecule has 1 saturated carbocycles. The highest BCUT2D eigenvalue weighted by Gasteiger charge is 2.36. The number of hydrogen-bond donors (Lipinski definition) is 1. The Labute approximate surface area is 287 Å². The first-order valence-corrected chi connectivity index (χ1v) is 18.0. The number of hydrogen-bond acceptors (Lipinski definition) is 4. The summed E-state index contributed by atoms with van der Waals surface area (Å²) in [6, 6.07) is 27.1. The van der Waals surface area contributed by atoms with Gasteiger partial charge in [-0.25, -0.2) is 8.42 Å². The molecular weight excluding hydrogens is 653 g/mol. The van der Waals surface area contributed by atoms with Crippen molar-refractivity contribution < 1.29 is 18.0 Å². The Morgan fingerprint density at radius 1 is 0.830 bits per heavy atom. The average Bonchev–Trinajstić information content (AvgIpc) is 3.57. The number of anilines is 1. The van der Waals surface area contributed by atoms with Crippen LogP contribution in [0.5, 0.6) is 0 Å². The molecule has 0 bridgehead atoms. The van der Waals surface area contributed by atoms with Crippen molar-refractivity contribution in [2.24, 2.45) is 0 Å². The second-order valence-electron chi connectivity index (χ2n) is 12.1. The minimum Gasteiger partial charge on any atom is -0.352 e. The first kappa shape index (κ1) is 34.5. The lowest BCUT2D eigenvalue weighted by Crippen LogP contribution is -2.54. The van der Waals surface area contributed by atoms with E-state index < -0.39 is 28.5 Å². The third kappa shape index (κ3) is 8.55. The predicted octanol–water partition coefficient (Wildman–Crippen LogP) is 7.50. The Morgan fingerprint density at radius 2 is 1.49 bits per heavy atom. The van der Waals surface area contributed by atoms with E-state index in [9.17, 15) is 18.0 Å². The van der Waals surface area contributed by atoms with E-state index in [4.69, 9.17) is 23.2 Å². The summed E-state index contributed by atoms with van der Waals surface area (Å²) in [5.41, 5.74) is 3.57. The van der Waals surface area contributed by atoms with E-state index in [2.05, 4.69) is 5.32 Å². The monoisotopic (exact) mass is 691 g/mol. The lowest BCUT2D eigenvalue weighted by atomic mass is 10.0. The molecule has 2 amide bonds. The molecule has 0 aromatic heterocycles. The Hall–Kier alpha value is -3.85. The zero-order valence-electron chi connectivity index (χ0n) is 26.5. The summed E-state index contributed by atoms with van der Waals surface area (Å²) >= 11 is 12.6. The highest BCUT2D eigenvalue weighted by Crippen LogP contribution is 2.29. The van der Waals surface area contributed by atoms with Gasteiger partial charge in [0.2, 0.25) is 11.8 Å². The second-order valence-corrected chi connectivity index (χ2v) is 14.8. The summed E-state index contributed by atoms with van der Waals surface area (Å²) < 4.78 is 29.6. The highest BCUT2D eigenvalue weighted by molar-refractivity contribution is 7.92. The molecule has 1 aliphatic rings. The maximum absolute atomic E-state index is 14.7. The third-order valence-electron chi connectivity index (χ3n) is 8.54. The van der Waals surface area contributed by atoms with Gasteiger partial charge in [-0.1, -0.05) is 108 Å². The van der Waals surface area contributed by atoms with Gasteiger partial charge in [0.15, 0.2) is 0 Å². The van der Waals surface area contributed by atoms with Crippen LogP contribution < -0.4 is 9.62 Å². The molecule has 47 heavy (non-hydrogen) atoms. The Morgan fingerprint density at radius 3 is 2.13 bits per heavy atom. The van der Waals surface area contributed by atoms with Crippen LogP contribution in [0.15, 0.2) is 102 Å². The quantitative estimate of drug-likeness (QED) is 0.167. The van der Waals surface area contributed by atoms with Crippen LogP contribution in [0.4, 0.5) is 5.69 Å². The number of halogens is 2. The van der Waals surface area contributed by atoms with Crippen LogP contribution in [0.1, 0.15) is 47.9 Å². The fraction of sp³-hybridized carbons (Fsp3) is 0.297. The fourth-order valence-corrected chi connectivity index (χ4v) is 7.89. The van der Waals surface area contributed by atoms with Gasteiger partial charge in [0.05, 0.1) is 20.6 Å². The first-order chi connectivity index (χ1) is 22.5. The Bertz CT molecular complexity index is 1810. The molecule has 4 aromatic carbocycles. The Balaban J connectivity index is 1.59. The molecule has 0 saturated heterocycles. The average molecular weight is 693 g/mol. The molecule has 5 rings (SSSR count). The number of carbonyl (C=O) groups is 2. The van der Waals surface area contributed by atoms with Gasteiger partial charge in [0.1, 0.15) is 12.6 Å². The number of rotatable bonds is 12. The zero-order chi connectivity index (χ0) is 33.6. The van der Waals surface area contributed by atoms with E-state index in [1.807, 2.05) is 56.3 Å². The van der Waals surface area contributed by atoms with Crippen molar-refractivity contribution >= 4 is 50.7 Å². The van der Waals surface area contributed by atoms with Crippen molar-refractivity contribution in [3.63, 3.8) is 0 Å². The number of carbonyl (C=O) groups excluding carboxylic acids is 2. The van der Waals surface area contributed by atoms with Crippen molar-refractivity contribution in [3.05, 3.63) is 129 Å². The van der Waals surface area contributed by atoms with E-state index in [0.29, 0.717) is 26.9 Å². The van der Waals surface area contributed by atoms with Gasteiger partial charge in [0.25, 0.3) is 10.0 Å². The molecule has 246 valence electrons. The van der Waals surface area contributed by atoms with Crippen LogP contribution in [-0.2, 0) is 32.6 Å². The number of nitrogens with one attached hydrogen (secondary N) is 1. The fourth-order valence-electron chi connectivity index (χ4n) is 6.07. The summed E-state index contributed by atoms with van der Waals surface area (Å²) in [7, 11) is -4.18. The van der Waals surface area contributed by atoms with Gasteiger partial charge in [-0.2, -0.15) is 0 Å². The largest absolute Gasteiger partial charge is 0.352 e. The molecule has 1 fully saturated rings. The third-order valence-corrected chi connectivity index (χ3v) is 11.1. The van der Waals surface area contributed by atoms with Gasteiger partial charge < -0.3 is 10.2 Å². The van der Waals surface area contributed by atoms with E-state index in [1.165, 1.54) is 17.0 Å². The first-order valence-electron chi connectivity index (χ1n) is 15.8. The molecule has 0 radical (unpaired) electrons. The van der Waals surface area contributed by atoms with Crippen LogP contribution in [0.25, 0.3) is 0 Å². The van der Waals surface area contributed by atoms with Gasteiger partial charge in [-0.15, -0.1) is 0 Å². The number of nitrogens with zero attached hydrogens (tertiary/aromatic N) is 2. The number of sulfonamides is 1. The minimum absolute atomic E-state index is 0.0113. The molecule has 1 aliphatic carbocycles. The van der Waals surface area contributed by atoms with Crippen LogP contribution in [0.2, 0.25) is 10.0 Å². The van der Waals surface area contributed by atoms with E-state index >= 15 is 0 Å². The van der Waals surface area contributed by atoms with Gasteiger partial charge in [-0.05, 0) is 73.7 Å².